The summed E-state index contributed by atoms with van der Waals surface area (Å²) in [6.45, 7) is 3.39. The molecule has 0 fully saturated rings. The molecule has 156 valence electrons. The van der Waals surface area contributed by atoms with Gasteiger partial charge in [-0.05, 0) is 43.2 Å². The van der Waals surface area contributed by atoms with Crippen molar-refractivity contribution in [3.63, 3.8) is 0 Å². The minimum Gasteiger partial charge on any atom is -0.497 e. The van der Waals surface area contributed by atoms with Gasteiger partial charge in [-0.15, -0.1) is 0 Å². The Balaban J connectivity index is 1.72. The number of hydrogen-bond acceptors (Lipinski definition) is 5. The molecule has 8 heteroatoms. The molecule has 0 aliphatic rings. The first kappa shape index (κ1) is 20.2. The molecule has 2 aromatic heterocycles. The van der Waals surface area contributed by atoms with E-state index in [2.05, 4.69) is 14.9 Å². The monoisotopic (exact) mass is 425 g/mol. The molecule has 7 nitrogen and oxygen atoms in total. The largest absolute Gasteiger partial charge is 0.497 e. The zero-order valence-electron chi connectivity index (χ0n) is 17.0. The second-order valence-corrected chi connectivity index (χ2v) is 8.82. The summed E-state index contributed by atoms with van der Waals surface area (Å²) >= 11 is 0. The highest BCUT2D eigenvalue weighted by Crippen LogP contribution is 2.32. The molecule has 0 amide bonds. The number of nitrogens with one attached hydrogen (secondary N) is 2. The first-order valence-electron chi connectivity index (χ1n) is 9.53. The van der Waals surface area contributed by atoms with E-state index in [1.54, 1.807) is 21.0 Å². The predicted octanol–water partition coefficient (Wildman–Crippen LogP) is 3.89. The van der Waals surface area contributed by atoms with Crippen molar-refractivity contribution >= 4 is 20.9 Å². The number of hydrogen-bond donors (Lipinski definition) is 2. The van der Waals surface area contributed by atoms with Crippen molar-refractivity contribution < 1.29 is 17.7 Å². The summed E-state index contributed by atoms with van der Waals surface area (Å²) in [7, 11) is -2.16. The van der Waals surface area contributed by atoms with Gasteiger partial charge in [-0.2, -0.15) is 0 Å². The van der Waals surface area contributed by atoms with Crippen LogP contribution in [0.25, 0.3) is 10.9 Å². The molecule has 0 bridgehead atoms. The lowest BCUT2D eigenvalue weighted by Gasteiger charge is -2.18. The van der Waals surface area contributed by atoms with Gasteiger partial charge in [0.15, 0.2) is 5.76 Å². The molecule has 2 heterocycles. The van der Waals surface area contributed by atoms with Crippen LogP contribution in [0.4, 0.5) is 0 Å². The number of ether oxygens (including phenoxy) is 1. The van der Waals surface area contributed by atoms with Gasteiger partial charge in [0.1, 0.15) is 16.3 Å². The summed E-state index contributed by atoms with van der Waals surface area (Å²) in [5.41, 5.74) is 3.33. The molecule has 4 aromatic rings. The lowest BCUT2D eigenvalue weighted by molar-refractivity contribution is 0.390. The normalized spacial score (nSPS) is 12.9. The van der Waals surface area contributed by atoms with Gasteiger partial charge in [-0.25, -0.2) is 13.1 Å². The van der Waals surface area contributed by atoms with Crippen molar-refractivity contribution in [2.45, 2.75) is 24.7 Å². The summed E-state index contributed by atoms with van der Waals surface area (Å²) in [6.07, 6.45) is 1.93. The summed E-state index contributed by atoms with van der Waals surface area (Å²) in [5.74, 6) is 0.808. The average Bonchev–Trinajstić information content (AvgIpc) is 3.32. The Hall–Kier alpha value is -3.10. The molecule has 30 heavy (non-hydrogen) atoms. The number of rotatable bonds is 7. The number of nitrogens with zero attached hydrogens (tertiary/aromatic N) is 1. The number of aromatic amines is 1. The number of benzene rings is 2. The first-order valence-corrected chi connectivity index (χ1v) is 11.0. The quantitative estimate of drug-likeness (QED) is 0.468. The number of aromatic nitrogens is 2. The Kier molecular flexibility index (Phi) is 5.36. The van der Waals surface area contributed by atoms with E-state index in [0.717, 1.165) is 27.8 Å². The van der Waals surface area contributed by atoms with E-state index >= 15 is 0 Å². The lowest BCUT2D eigenvalue weighted by atomic mass is 9.91. The number of para-hydroxylation sites is 1. The van der Waals surface area contributed by atoms with Gasteiger partial charge in [0.25, 0.3) is 0 Å². The van der Waals surface area contributed by atoms with Crippen LogP contribution in [0.1, 0.15) is 28.5 Å². The fraction of sp³-hybridized carbons (Fsp3) is 0.227. The highest BCUT2D eigenvalue weighted by molar-refractivity contribution is 7.89. The molecule has 0 spiro atoms. The third-order valence-electron chi connectivity index (χ3n) is 5.23. The molecule has 0 unspecified atom stereocenters. The first-order chi connectivity index (χ1) is 14.4. The van der Waals surface area contributed by atoms with Crippen LogP contribution >= 0.6 is 0 Å². The van der Waals surface area contributed by atoms with E-state index in [4.69, 9.17) is 9.26 Å². The van der Waals surface area contributed by atoms with Crippen LogP contribution in [-0.4, -0.2) is 32.2 Å². The Labute approximate surface area is 175 Å². The number of aryl methyl sites for hydroxylation is 2. The minimum atomic E-state index is -3.78. The Morgan fingerprint density at radius 3 is 2.53 bits per heavy atom. The Bertz CT molecular complexity index is 1250. The maximum atomic E-state index is 13.0. The maximum Gasteiger partial charge on any atom is 0.245 e. The summed E-state index contributed by atoms with van der Waals surface area (Å²) in [5, 5.41) is 4.82. The third kappa shape index (κ3) is 3.71. The van der Waals surface area contributed by atoms with Gasteiger partial charge in [0.2, 0.25) is 10.0 Å². The van der Waals surface area contributed by atoms with Crippen LogP contribution in [0.5, 0.6) is 5.75 Å². The van der Waals surface area contributed by atoms with Crippen molar-refractivity contribution in [3.8, 4) is 5.75 Å². The highest BCUT2D eigenvalue weighted by atomic mass is 32.2. The van der Waals surface area contributed by atoms with Crippen molar-refractivity contribution in [2.75, 3.05) is 13.7 Å². The van der Waals surface area contributed by atoms with E-state index < -0.39 is 10.0 Å². The van der Waals surface area contributed by atoms with Crippen LogP contribution < -0.4 is 9.46 Å². The smallest absolute Gasteiger partial charge is 0.245 e. The number of H-pyrrole nitrogens is 1. The molecule has 0 aliphatic heterocycles. The minimum absolute atomic E-state index is 0.0925. The Morgan fingerprint density at radius 2 is 1.87 bits per heavy atom. The molecule has 4 rings (SSSR count). The van der Waals surface area contributed by atoms with Gasteiger partial charge >= 0.3 is 0 Å². The zero-order valence-corrected chi connectivity index (χ0v) is 17.8. The fourth-order valence-electron chi connectivity index (χ4n) is 3.75. The van der Waals surface area contributed by atoms with Gasteiger partial charge < -0.3 is 14.2 Å². The van der Waals surface area contributed by atoms with Gasteiger partial charge in [-0.3, -0.25) is 0 Å². The molecule has 2 N–H and O–H groups in total. The van der Waals surface area contributed by atoms with E-state index in [9.17, 15) is 8.42 Å². The molecular formula is C22H23N3O4S. The molecule has 0 saturated heterocycles. The van der Waals surface area contributed by atoms with Crippen LogP contribution in [0.3, 0.4) is 0 Å². The molecule has 0 saturated carbocycles. The van der Waals surface area contributed by atoms with Gasteiger partial charge in [0.05, 0.1) is 7.11 Å². The number of sulfonamides is 1. The van der Waals surface area contributed by atoms with Crippen LogP contribution in [-0.2, 0) is 10.0 Å². The zero-order chi connectivity index (χ0) is 21.3. The van der Waals surface area contributed by atoms with Crippen LogP contribution in [0.15, 0.2) is 64.1 Å². The standard InChI is InChI=1S/C22H23N3O4S/c1-14-22(15(2)29-25-14)30(26,27)24-13-19(16-8-10-17(28-3)11-9-16)20-12-23-21-7-5-4-6-18(20)21/h4-12,19,23-24H,13H2,1-3H3/t19-/m1/s1. The van der Waals surface area contributed by atoms with E-state index in [-0.39, 0.29) is 23.1 Å². The predicted molar refractivity (Wildman–Crippen MR) is 114 cm³/mol. The van der Waals surface area contributed by atoms with Crippen LogP contribution in [0.2, 0.25) is 0 Å². The number of methoxy groups -OCH3 is 1. The van der Waals surface area contributed by atoms with Crippen molar-refractivity contribution in [1.29, 1.82) is 0 Å². The van der Waals surface area contributed by atoms with E-state index in [0.29, 0.717) is 5.69 Å². The average molecular weight is 426 g/mol. The number of fused-ring (bicyclic) bond motifs is 1. The molecule has 0 radical (unpaired) electrons. The second-order valence-electron chi connectivity index (χ2n) is 7.12. The highest BCUT2D eigenvalue weighted by Gasteiger charge is 2.26. The fourth-order valence-corrected chi connectivity index (χ4v) is 5.12. The van der Waals surface area contributed by atoms with E-state index in [1.807, 2.05) is 54.7 Å². The third-order valence-corrected chi connectivity index (χ3v) is 6.90. The molecule has 2 aromatic carbocycles. The second kappa shape index (κ2) is 7.97. The molecule has 1 atom stereocenters. The van der Waals surface area contributed by atoms with Gasteiger partial charge in [-0.1, -0.05) is 35.5 Å². The van der Waals surface area contributed by atoms with Crippen molar-refractivity contribution in [3.05, 3.63) is 77.3 Å². The molecular weight excluding hydrogens is 402 g/mol. The maximum absolute atomic E-state index is 13.0. The SMILES string of the molecule is COc1ccc([C@@H](CNS(=O)(=O)c2c(C)noc2C)c2c[nH]c3ccccc23)cc1. The Morgan fingerprint density at radius 1 is 1.13 bits per heavy atom. The topological polar surface area (TPSA) is 97.2 Å². The lowest BCUT2D eigenvalue weighted by Crippen LogP contribution is -2.29. The van der Waals surface area contributed by atoms with Crippen molar-refractivity contribution in [1.82, 2.24) is 14.9 Å². The van der Waals surface area contributed by atoms with Crippen molar-refractivity contribution in [2.24, 2.45) is 0 Å². The summed E-state index contributed by atoms with van der Waals surface area (Å²) in [4.78, 5) is 3.37. The summed E-state index contributed by atoms with van der Waals surface area (Å²) in [6, 6.07) is 15.6. The van der Waals surface area contributed by atoms with E-state index in [1.165, 1.54) is 0 Å². The molecule has 0 aliphatic carbocycles. The summed E-state index contributed by atoms with van der Waals surface area (Å²) < 4.78 is 39.0. The van der Waals surface area contributed by atoms with Gasteiger partial charge in [0, 0.05) is 29.6 Å². The van der Waals surface area contributed by atoms with Crippen LogP contribution in [0, 0.1) is 13.8 Å².